The van der Waals surface area contributed by atoms with Crippen LogP contribution >= 0.6 is 15.9 Å². The molecule has 4 rings (SSSR count). The number of rotatable bonds is 2. The highest BCUT2D eigenvalue weighted by atomic mass is 79.9. The maximum Gasteiger partial charge on any atom is 0.204 e. The highest BCUT2D eigenvalue weighted by Gasteiger charge is 2.12. The first kappa shape index (κ1) is 13.2. The summed E-state index contributed by atoms with van der Waals surface area (Å²) in [6.45, 7) is 1.94. The van der Waals surface area contributed by atoms with Gasteiger partial charge in [-0.05, 0) is 43.3 Å². The fraction of sp³-hybridized carbons (Fsp3) is 0.0625. The maximum atomic E-state index is 4.69. The molecule has 0 amide bonds. The molecule has 0 atom stereocenters. The molecule has 5 nitrogen and oxygen atoms in total. The molecule has 2 aromatic heterocycles. The van der Waals surface area contributed by atoms with Gasteiger partial charge in [0.15, 0.2) is 5.82 Å². The first-order valence-corrected chi connectivity index (χ1v) is 7.65. The van der Waals surface area contributed by atoms with Gasteiger partial charge in [0.25, 0.3) is 0 Å². The molecule has 0 spiro atoms. The van der Waals surface area contributed by atoms with Crippen molar-refractivity contribution in [2.75, 3.05) is 5.32 Å². The van der Waals surface area contributed by atoms with Gasteiger partial charge in [-0.15, -0.1) is 10.2 Å². The lowest BCUT2D eigenvalue weighted by atomic mass is 10.3. The predicted molar refractivity (Wildman–Crippen MR) is 90.4 cm³/mol. The van der Waals surface area contributed by atoms with Crippen LogP contribution in [0.15, 0.2) is 53.0 Å². The summed E-state index contributed by atoms with van der Waals surface area (Å²) in [6, 6.07) is 15.9. The molecular weight excluding hydrogens is 342 g/mol. The molecule has 2 heterocycles. The molecular formula is C16H12BrN5. The summed E-state index contributed by atoms with van der Waals surface area (Å²) in [5.41, 5.74) is 3.58. The van der Waals surface area contributed by atoms with Crippen molar-refractivity contribution in [2.45, 2.75) is 6.92 Å². The topological polar surface area (TPSA) is 55.1 Å². The zero-order valence-electron chi connectivity index (χ0n) is 11.8. The number of benzene rings is 2. The van der Waals surface area contributed by atoms with Crippen LogP contribution in [0.4, 0.5) is 11.5 Å². The Bertz CT molecular complexity index is 975. The molecule has 108 valence electrons. The van der Waals surface area contributed by atoms with Gasteiger partial charge in [0.1, 0.15) is 5.82 Å². The largest absolute Gasteiger partial charge is 0.337 e. The van der Waals surface area contributed by atoms with Crippen LogP contribution in [0.2, 0.25) is 0 Å². The fourth-order valence-corrected chi connectivity index (χ4v) is 2.74. The Morgan fingerprint density at radius 3 is 2.59 bits per heavy atom. The van der Waals surface area contributed by atoms with Gasteiger partial charge in [0.2, 0.25) is 5.65 Å². The van der Waals surface area contributed by atoms with Gasteiger partial charge in [-0.2, -0.15) is 0 Å². The second-order valence-electron chi connectivity index (χ2n) is 4.99. The Balaban J connectivity index is 1.94. The average molecular weight is 354 g/mol. The number of nitrogens with zero attached hydrogens (tertiary/aromatic N) is 4. The summed E-state index contributed by atoms with van der Waals surface area (Å²) in [6.07, 6.45) is 0. The zero-order chi connectivity index (χ0) is 15.1. The van der Waals surface area contributed by atoms with Crippen molar-refractivity contribution in [1.29, 1.82) is 0 Å². The van der Waals surface area contributed by atoms with E-state index in [9.17, 15) is 0 Å². The Morgan fingerprint density at radius 1 is 1.00 bits per heavy atom. The van der Waals surface area contributed by atoms with Crippen molar-refractivity contribution in [1.82, 2.24) is 19.6 Å². The van der Waals surface area contributed by atoms with Crippen molar-refractivity contribution in [3.63, 3.8) is 0 Å². The Morgan fingerprint density at radius 2 is 1.77 bits per heavy atom. The van der Waals surface area contributed by atoms with Crippen molar-refractivity contribution >= 4 is 44.1 Å². The summed E-state index contributed by atoms with van der Waals surface area (Å²) in [5, 5.41) is 11.8. The SMILES string of the molecule is Cc1nnc2c(Nc3ccc(Br)cc3)nc3ccccc3n12. The number of aryl methyl sites for hydroxylation is 1. The zero-order valence-corrected chi connectivity index (χ0v) is 13.4. The third kappa shape index (κ3) is 2.12. The monoisotopic (exact) mass is 353 g/mol. The van der Waals surface area contributed by atoms with E-state index >= 15 is 0 Å². The van der Waals surface area contributed by atoms with Crippen LogP contribution in [-0.2, 0) is 0 Å². The van der Waals surface area contributed by atoms with Crippen LogP contribution in [0.25, 0.3) is 16.7 Å². The lowest BCUT2D eigenvalue weighted by Gasteiger charge is -2.09. The second-order valence-corrected chi connectivity index (χ2v) is 5.90. The van der Waals surface area contributed by atoms with Gasteiger partial charge in [-0.25, -0.2) is 4.98 Å². The predicted octanol–water partition coefficient (Wildman–Crippen LogP) is 4.09. The lowest BCUT2D eigenvalue weighted by Crippen LogP contribution is -2.01. The molecule has 22 heavy (non-hydrogen) atoms. The molecule has 0 saturated carbocycles. The minimum atomic E-state index is 0.696. The molecule has 1 N–H and O–H groups in total. The van der Waals surface area contributed by atoms with Crippen LogP contribution in [0.5, 0.6) is 0 Å². The summed E-state index contributed by atoms with van der Waals surface area (Å²) in [7, 11) is 0. The minimum Gasteiger partial charge on any atom is -0.337 e. The first-order valence-electron chi connectivity index (χ1n) is 6.85. The van der Waals surface area contributed by atoms with Crippen LogP contribution < -0.4 is 5.32 Å². The number of anilines is 2. The molecule has 6 heteroatoms. The number of hydrogen-bond acceptors (Lipinski definition) is 4. The summed E-state index contributed by atoms with van der Waals surface area (Å²) in [5.74, 6) is 1.54. The number of para-hydroxylation sites is 2. The maximum absolute atomic E-state index is 4.69. The highest BCUT2D eigenvalue weighted by molar-refractivity contribution is 9.10. The van der Waals surface area contributed by atoms with Gasteiger partial charge >= 0.3 is 0 Å². The second kappa shape index (κ2) is 5.06. The molecule has 0 fully saturated rings. The van der Waals surface area contributed by atoms with Gasteiger partial charge in [-0.3, -0.25) is 4.40 Å². The fourth-order valence-electron chi connectivity index (χ4n) is 2.48. The van der Waals surface area contributed by atoms with E-state index in [1.54, 1.807) is 0 Å². The first-order chi connectivity index (χ1) is 10.7. The van der Waals surface area contributed by atoms with E-state index in [-0.39, 0.29) is 0 Å². The summed E-state index contributed by atoms with van der Waals surface area (Å²) >= 11 is 3.44. The van der Waals surface area contributed by atoms with E-state index < -0.39 is 0 Å². The van der Waals surface area contributed by atoms with Crippen LogP contribution in [0, 0.1) is 6.92 Å². The van der Waals surface area contributed by atoms with E-state index in [0.717, 1.165) is 32.7 Å². The quantitative estimate of drug-likeness (QED) is 0.589. The Hall–Kier alpha value is -2.47. The van der Waals surface area contributed by atoms with Gasteiger partial charge in [0.05, 0.1) is 11.0 Å². The smallest absolute Gasteiger partial charge is 0.204 e. The normalized spacial score (nSPS) is 11.2. The number of hydrogen-bond donors (Lipinski definition) is 1. The Kier molecular flexibility index (Phi) is 3.04. The number of fused-ring (bicyclic) bond motifs is 3. The molecule has 0 bridgehead atoms. The van der Waals surface area contributed by atoms with E-state index in [0.29, 0.717) is 5.82 Å². The molecule has 0 unspecified atom stereocenters. The van der Waals surface area contributed by atoms with Crippen molar-refractivity contribution < 1.29 is 0 Å². The molecule has 2 aromatic carbocycles. The van der Waals surface area contributed by atoms with Crippen LogP contribution in [0.3, 0.4) is 0 Å². The summed E-state index contributed by atoms with van der Waals surface area (Å²) < 4.78 is 3.05. The van der Waals surface area contributed by atoms with Crippen molar-refractivity contribution in [3.05, 3.63) is 58.8 Å². The average Bonchev–Trinajstić information content (AvgIpc) is 2.92. The third-order valence-corrected chi connectivity index (χ3v) is 4.03. The Labute approximate surface area is 135 Å². The van der Waals surface area contributed by atoms with E-state index in [1.165, 1.54) is 0 Å². The third-order valence-electron chi connectivity index (χ3n) is 3.50. The number of aromatic nitrogens is 4. The standard InChI is InChI=1S/C16H12BrN5/c1-10-20-21-16-15(18-12-8-6-11(17)7-9-12)19-13-4-2-3-5-14(13)22(10)16/h2-9H,1H3,(H,18,19). The van der Waals surface area contributed by atoms with Gasteiger partial charge in [-0.1, -0.05) is 28.1 Å². The molecule has 0 aliphatic heterocycles. The lowest BCUT2D eigenvalue weighted by molar-refractivity contribution is 1.02. The molecule has 0 radical (unpaired) electrons. The van der Waals surface area contributed by atoms with E-state index in [4.69, 9.17) is 0 Å². The molecule has 0 saturated heterocycles. The number of nitrogens with one attached hydrogen (secondary N) is 1. The number of halogens is 1. The van der Waals surface area contributed by atoms with Crippen molar-refractivity contribution in [2.24, 2.45) is 0 Å². The summed E-state index contributed by atoms with van der Waals surface area (Å²) in [4.78, 5) is 4.69. The van der Waals surface area contributed by atoms with Crippen LogP contribution in [0.1, 0.15) is 5.82 Å². The van der Waals surface area contributed by atoms with E-state index in [2.05, 4.69) is 36.4 Å². The molecule has 4 aromatic rings. The molecule has 0 aliphatic rings. The van der Waals surface area contributed by atoms with Crippen LogP contribution in [-0.4, -0.2) is 19.6 Å². The van der Waals surface area contributed by atoms with E-state index in [1.807, 2.05) is 59.9 Å². The van der Waals surface area contributed by atoms with Gasteiger partial charge in [0, 0.05) is 10.2 Å². The van der Waals surface area contributed by atoms with Gasteiger partial charge < -0.3 is 5.32 Å². The minimum absolute atomic E-state index is 0.696. The molecule has 0 aliphatic carbocycles. The van der Waals surface area contributed by atoms with Crippen molar-refractivity contribution in [3.8, 4) is 0 Å². The highest BCUT2D eigenvalue weighted by Crippen LogP contribution is 2.25.